The van der Waals surface area contributed by atoms with E-state index in [9.17, 15) is 5.21 Å². The van der Waals surface area contributed by atoms with E-state index in [0.717, 1.165) is 13.0 Å². The highest BCUT2D eigenvalue weighted by Crippen LogP contribution is 2.09. The Hall–Kier alpha value is -0.0800. The van der Waals surface area contributed by atoms with Gasteiger partial charge < -0.3 is 0 Å². The molecule has 0 spiro atoms. The third kappa shape index (κ3) is 11.9. The number of hydrogen-bond acceptors (Lipinski definition) is 1. The molecule has 2 heteroatoms. The summed E-state index contributed by atoms with van der Waals surface area (Å²) in [5.74, 6) is 0. The number of hydrogen-bond donors (Lipinski definition) is 1. The highest BCUT2D eigenvalue weighted by atomic mass is 16.5. The summed E-state index contributed by atoms with van der Waals surface area (Å²) in [6.07, 6.45) is 10.6. The first-order valence-electron chi connectivity index (χ1n) is 6.12. The fraction of sp³-hybridized carbons (Fsp3) is 1.00. The topological polar surface area (TPSA) is 20.2 Å². The summed E-state index contributed by atoms with van der Waals surface area (Å²) in [6, 6.07) is 0. The Kier molecular flexibility index (Phi) is 8.20. The van der Waals surface area contributed by atoms with Crippen LogP contribution in [0.2, 0.25) is 0 Å². The highest BCUT2D eigenvalue weighted by Gasteiger charge is 2.08. The second-order valence-corrected chi connectivity index (χ2v) is 4.82. The van der Waals surface area contributed by atoms with Crippen molar-refractivity contribution in [2.75, 3.05) is 20.6 Å². The second-order valence-electron chi connectivity index (χ2n) is 4.82. The molecule has 86 valence electrons. The van der Waals surface area contributed by atoms with E-state index in [1.807, 2.05) is 14.1 Å². The van der Waals surface area contributed by atoms with Gasteiger partial charge in [0.15, 0.2) is 0 Å². The summed E-state index contributed by atoms with van der Waals surface area (Å²) in [6.45, 7) is 3.14. The molecular weight excluding hydrogens is 174 g/mol. The quantitative estimate of drug-likeness (QED) is 0.344. The molecule has 0 bridgehead atoms. The van der Waals surface area contributed by atoms with Crippen molar-refractivity contribution in [1.29, 1.82) is 0 Å². The van der Waals surface area contributed by atoms with Gasteiger partial charge in [0.2, 0.25) is 0 Å². The van der Waals surface area contributed by atoms with Crippen molar-refractivity contribution in [3.05, 3.63) is 0 Å². The predicted molar refractivity (Wildman–Crippen MR) is 61.4 cm³/mol. The molecule has 2 nitrogen and oxygen atoms in total. The Morgan fingerprint density at radius 1 is 0.786 bits per heavy atom. The van der Waals surface area contributed by atoms with Crippen molar-refractivity contribution in [3.63, 3.8) is 0 Å². The standard InChI is InChI=1S/C12H28NO/c1-4-5-6-7-8-9-10-11-12-13(2,3)14/h14H,4-12H2,1-3H3/q+1. The highest BCUT2D eigenvalue weighted by molar-refractivity contribution is 4.45. The fourth-order valence-electron chi connectivity index (χ4n) is 1.63. The van der Waals surface area contributed by atoms with E-state index in [1.165, 1.54) is 44.9 Å². The number of hydroxylamine groups is 3. The summed E-state index contributed by atoms with van der Waals surface area (Å²) in [5.41, 5.74) is 0. The molecule has 0 amide bonds. The first-order valence-corrected chi connectivity index (χ1v) is 6.12. The van der Waals surface area contributed by atoms with E-state index >= 15 is 0 Å². The van der Waals surface area contributed by atoms with Crippen LogP contribution in [-0.2, 0) is 0 Å². The molecule has 0 aromatic carbocycles. The van der Waals surface area contributed by atoms with E-state index in [1.54, 1.807) is 0 Å². The molecule has 0 aromatic rings. The van der Waals surface area contributed by atoms with Crippen LogP contribution in [0, 0.1) is 0 Å². The summed E-state index contributed by atoms with van der Waals surface area (Å²) in [4.78, 5) is 0. The van der Waals surface area contributed by atoms with Crippen molar-refractivity contribution in [2.24, 2.45) is 0 Å². The average molecular weight is 202 g/mol. The average Bonchev–Trinajstić information content (AvgIpc) is 2.08. The smallest absolute Gasteiger partial charge is 0.108 e. The summed E-state index contributed by atoms with van der Waals surface area (Å²) >= 11 is 0. The lowest BCUT2D eigenvalue weighted by Crippen LogP contribution is -2.36. The van der Waals surface area contributed by atoms with Gasteiger partial charge in [0.25, 0.3) is 0 Å². The second kappa shape index (κ2) is 8.25. The monoisotopic (exact) mass is 202 g/mol. The molecule has 0 atom stereocenters. The maximum atomic E-state index is 9.43. The fourth-order valence-corrected chi connectivity index (χ4v) is 1.63. The van der Waals surface area contributed by atoms with Crippen molar-refractivity contribution in [3.8, 4) is 0 Å². The Morgan fingerprint density at radius 3 is 1.64 bits per heavy atom. The lowest BCUT2D eigenvalue weighted by atomic mass is 10.1. The molecule has 0 radical (unpaired) electrons. The molecule has 0 saturated carbocycles. The van der Waals surface area contributed by atoms with E-state index in [0.29, 0.717) is 0 Å². The Bertz CT molecular complexity index is 118. The number of quaternary nitrogens is 1. The van der Waals surface area contributed by atoms with Crippen molar-refractivity contribution < 1.29 is 9.85 Å². The molecule has 1 N–H and O–H groups in total. The van der Waals surface area contributed by atoms with Gasteiger partial charge in [-0.1, -0.05) is 45.4 Å². The molecule has 0 aliphatic heterocycles. The predicted octanol–water partition coefficient (Wildman–Crippen LogP) is 3.59. The molecular formula is C12H28NO+. The third-order valence-electron chi connectivity index (χ3n) is 2.56. The van der Waals surface area contributed by atoms with Gasteiger partial charge in [-0.05, 0) is 12.8 Å². The van der Waals surface area contributed by atoms with Crippen LogP contribution in [0.5, 0.6) is 0 Å². The van der Waals surface area contributed by atoms with Crippen molar-refractivity contribution >= 4 is 0 Å². The van der Waals surface area contributed by atoms with Gasteiger partial charge in [0.1, 0.15) is 6.54 Å². The van der Waals surface area contributed by atoms with Gasteiger partial charge in [-0.25, -0.2) is 5.21 Å². The number of rotatable bonds is 9. The molecule has 0 unspecified atom stereocenters. The summed E-state index contributed by atoms with van der Waals surface area (Å²) in [7, 11) is 3.67. The zero-order valence-corrected chi connectivity index (χ0v) is 10.3. The Balaban J connectivity index is 2.99. The molecule has 0 aliphatic rings. The van der Waals surface area contributed by atoms with Gasteiger partial charge in [-0.15, -0.1) is 0 Å². The lowest BCUT2D eigenvalue weighted by molar-refractivity contribution is -1.07. The SMILES string of the molecule is CCCCCCCCCC[N+](C)(C)O. The van der Waals surface area contributed by atoms with Crippen LogP contribution in [0.1, 0.15) is 58.3 Å². The van der Waals surface area contributed by atoms with Crippen molar-refractivity contribution in [2.45, 2.75) is 58.3 Å². The summed E-state index contributed by atoms with van der Waals surface area (Å²) in [5, 5.41) is 9.43. The van der Waals surface area contributed by atoms with Crippen LogP contribution < -0.4 is 0 Å². The minimum atomic E-state index is 0.121. The minimum absolute atomic E-state index is 0.121. The molecule has 0 saturated heterocycles. The minimum Gasteiger partial charge on any atom is -0.217 e. The van der Waals surface area contributed by atoms with Crippen LogP contribution in [-0.4, -0.2) is 30.5 Å². The normalized spacial score (nSPS) is 12.0. The third-order valence-corrected chi connectivity index (χ3v) is 2.56. The lowest BCUT2D eigenvalue weighted by Gasteiger charge is -2.18. The van der Waals surface area contributed by atoms with E-state index in [4.69, 9.17) is 0 Å². The van der Waals surface area contributed by atoms with Gasteiger partial charge in [0.05, 0.1) is 14.1 Å². The van der Waals surface area contributed by atoms with Gasteiger partial charge >= 0.3 is 0 Å². The first kappa shape index (κ1) is 13.9. The van der Waals surface area contributed by atoms with Crippen LogP contribution in [0.15, 0.2) is 0 Å². The molecule has 0 aromatic heterocycles. The zero-order valence-electron chi connectivity index (χ0n) is 10.3. The van der Waals surface area contributed by atoms with Crippen LogP contribution in [0.4, 0.5) is 0 Å². The molecule has 0 aliphatic carbocycles. The van der Waals surface area contributed by atoms with Crippen LogP contribution in [0.3, 0.4) is 0 Å². The van der Waals surface area contributed by atoms with Gasteiger partial charge in [-0.3, -0.25) is 0 Å². The van der Waals surface area contributed by atoms with Crippen LogP contribution in [0.25, 0.3) is 0 Å². The molecule has 0 heterocycles. The first-order chi connectivity index (χ1) is 6.56. The van der Waals surface area contributed by atoms with Crippen LogP contribution >= 0.6 is 0 Å². The molecule has 14 heavy (non-hydrogen) atoms. The Labute approximate surface area is 89.5 Å². The number of nitrogens with zero attached hydrogens (tertiary/aromatic N) is 1. The largest absolute Gasteiger partial charge is 0.217 e. The zero-order chi connectivity index (χ0) is 10.9. The van der Waals surface area contributed by atoms with Crippen molar-refractivity contribution in [1.82, 2.24) is 0 Å². The maximum absolute atomic E-state index is 9.43. The van der Waals surface area contributed by atoms with Gasteiger partial charge in [-0.2, -0.15) is 4.65 Å². The van der Waals surface area contributed by atoms with E-state index in [-0.39, 0.29) is 4.65 Å². The Morgan fingerprint density at radius 2 is 1.21 bits per heavy atom. The van der Waals surface area contributed by atoms with E-state index in [2.05, 4.69) is 6.92 Å². The van der Waals surface area contributed by atoms with E-state index < -0.39 is 0 Å². The van der Waals surface area contributed by atoms with Gasteiger partial charge in [0, 0.05) is 0 Å². The summed E-state index contributed by atoms with van der Waals surface area (Å²) < 4.78 is 0.121. The molecule has 0 rings (SSSR count). The maximum Gasteiger partial charge on any atom is 0.108 e. The molecule has 0 fully saturated rings. The number of unbranched alkanes of at least 4 members (excludes halogenated alkanes) is 7.